The van der Waals surface area contributed by atoms with Crippen LogP contribution in [0.15, 0.2) is 36.5 Å². The first-order valence-corrected chi connectivity index (χ1v) is 11.3. The van der Waals surface area contributed by atoms with Crippen LogP contribution in [0.5, 0.6) is 17.4 Å². The van der Waals surface area contributed by atoms with Crippen molar-refractivity contribution in [3.8, 4) is 17.4 Å². The van der Waals surface area contributed by atoms with Crippen molar-refractivity contribution in [2.24, 2.45) is 0 Å². The molecular formula is C25H31N3O5. The highest BCUT2D eigenvalue weighted by Crippen LogP contribution is 2.58. The molecule has 2 aliphatic rings. The first-order chi connectivity index (χ1) is 15.5. The predicted molar refractivity (Wildman–Crippen MR) is 124 cm³/mol. The standard InChI is InChI=1S/C25H31N3O5/c1-6-24(5,28-22(30)33-23(2,3)4)21(29)27-16-10-11-19(26-14-16)32-18-9-7-8-17-20(18)25(12-13-25)15-31-17/h7-11,14H,6,12-13,15H2,1-5H3,(H,27,29)(H,28,30)/t24-/m1/s1. The van der Waals surface area contributed by atoms with Crippen molar-refractivity contribution in [1.29, 1.82) is 0 Å². The Kier molecular flexibility index (Phi) is 5.72. The molecule has 1 aliphatic carbocycles. The van der Waals surface area contributed by atoms with Gasteiger partial charge < -0.3 is 24.8 Å². The number of alkyl carbamates (subject to hydrolysis) is 1. The van der Waals surface area contributed by atoms with Gasteiger partial charge in [0.05, 0.1) is 18.5 Å². The number of nitrogens with one attached hydrogen (secondary N) is 2. The second kappa shape index (κ2) is 8.24. The quantitative estimate of drug-likeness (QED) is 0.643. The maximum atomic E-state index is 12.9. The van der Waals surface area contributed by atoms with Crippen molar-refractivity contribution in [1.82, 2.24) is 10.3 Å². The van der Waals surface area contributed by atoms with Gasteiger partial charge in [-0.1, -0.05) is 13.0 Å². The van der Waals surface area contributed by atoms with E-state index in [4.69, 9.17) is 14.2 Å². The average molecular weight is 454 g/mol. The molecule has 1 aromatic carbocycles. The Balaban J connectivity index is 1.41. The fourth-order valence-electron chi connectivity index (χ4n) is 3.80. The summed E-state index contributed by atoms with van der Waals surface area (Å²) in [5.74, 6) is 1.70. The minimum atomic E-state index is -1.14. The molecule has 1 aliphatic heterocycles. The third kappa shape index (κ3) is 4.89. The number of benzene rings is 1. The van der Waals surface area contributed by atoms with Crippen molar-refractivity contribution >= 4 is 17.7 Å². The van der Waals surface area contributed by atoms with E-state index in [9.17, 15) is 9.59 Å². The first kappa shape index (κ1) is 22.9. The molecule has 8 nitrogen and oxygen atoms in total. The first-order valence-electron chi connectivity index (χ1n) is 11.3. The molecule has 0 unspecified atom stereocenters. The van der Waals surface area contributed by atoms with Crippen LogP contribution in [-0.4, -0.2) is 34.7 Å². The number of anilines is 1. The summed E-state index contributed by atoms with van der Waals surface area (Å²) in [6, 6.07) is 9.23. The highest BCUT2D eigenvalue weighted by molar-refractivity contribution is 5.99. The second-order valence-corrected chi connectivity index (χ2v) is 9.95. The molecule has 2 N–H and O–H groups in total. The molecule has 176 valence electrons. The van der Waals surface area contributed by atoms with Crippen LogP contribution in [0.1, 0.15) is 59.4 Å². The molecule has 1 fully saturated rings. The van der Waals surface area contributed by atoms with Crippen molar-refractivity contribution < 1.29 is 23.8 Å². The number of rotatable bonds is 6. The van der Waals surface area contributed by atoms with Crippen molar-refractivity contribution in [3.05, 3.63) is 42.1 Å². The van der Waals surface area contributed by atoms with Gasteiger partial charge in [-0.3, -0.25) is 4.79 Å². The molecule has 0 saturated heterocycles. The molecule has 0 radical (unpaired) electrons. The number of ether oxygens (including phenoxy) is 3. The van der Waals surface area contributed by atoms with Gasteiger partial charge in [-0.2, -0.15) is 0 Å². The molecule has 1 atom stereocenters. The SMILES string of the molecule is CC[C@@](C)(NC(=O)OC(C)(C)C)C(=O)Nc1ccc(Oc2cccc3c2C2(CC2)CO3)nc1. The lowest BCUT2D eigenvalue weighted by atomic mass is 9.97. The fourth-order valence-corrected chi connectivity index (χ4v) is 3.80. The number of amides is 2. The zero-order valence-electron chi connectivity index (χ0n) is 19.8. The minimum absolute atomic E-state index is 0.0889. The number of carbonyl (C=O) groups is 2. The lowest BCUT2D eigenvalue weighted by molar-refractivity contribution is -0.122. The maximum Gasteiger partial charge on any atom is 0.408 e. The summed E-state index contributed by atoms with van der Waals surface area (Å²) in [5.41, 5.74) is -0.0832. The van der Waals surface area contributed by atoms with E-state index >= 15 is 0 Å². The molecule has 1 saturated carbocycles. The summed E-state index contributed by atoms with van der Waals surface area (Å²) in [6.45, 7) is 9.49. The molecule has 2 aromatic rings. The Morgan fingerprint density at radius 2 is 1.91 bits per heavy atom. The van der Waals surface area contributed by atoms with Crippen molar-refractivity contribution in [2.45, 2.75) is 70.4 Å². The second-order valence-electron chi connectivity index (χ2n) is 9.95. The van der Waals surface area contributed by atoms with Gasteiger partial charge in [0.1, 0.15) is 22.6 Å². The van der Waals surface area contributed by atoms with Gasteiger partial charge in [0.15, 0.2) is 0 Å². The van der Waals surface area contributed by atoms with Gasteiger partial charge in [0, 0.05) is 17.0 Å². The molecule has 8 heteroatoms. The Labute approximate surface area is 194 Å². The smallest absolute Gasteiger partial charge is 0.408 e. The summed E-state index contributed by atoms with van der Waals surface area (Å²) in [7, 11) is 0. The Hall–Kier alpha value is -3.29. The summed E-state index contributed by atoms with van der Waals surface area (Å²) in [4.78, 5) is 29.4. The molecule has 0 bridgehead atoms. The van der Waals surface area contributed by atoms with Crippen molar-refractivity contribution in [2.75, 3.05) is 11.9 Å². The van der Waals surface area contributed by atoms with E-state index < -0.39 is 17.2 Å². The molecule has 1 aromatic heterocycles. The van der Waals surface area contributed by atoms with Crippen LogP contribution in [-0.2, 0) is 14.9 Å². The van der Waals surface area contributed by atoms with E-state index in [-0.39, 0.29) is 11.3 Å². The monoisotopic (exact) mass is 453 g/mol. The van der Waals surface area contributed by atoms with Crippen LogP contribution in [0.2, 0.25) is 0 Å². The zero-order chi connectivity index (χ0) is 23.9. The van der Waals surface area contributed by atoms with Gasteiger partial charge in [-0.05, 0) is 65.2 Å². The molecule has 2 heterocycles. The van der Waals surface area contributed by atoms with Gasteiger partial charge in [-0.25, -0.2) is 9.78 Å². The topological polar surface area (TPSA) is 98.8 Å². The molecule has 4 rings (SSSR count). The van der Waals surface area contributed by atoms with E-state index in [1.54, 1.807) is 39.8 Å². The molecular weight excluding hydrogens is 422 g/mol. The number of aromatic nitrogens is 1. The summed E-state index contributed by atoms with van der Waals surface area (Å²) < 4.78 is 17.2. The lowest BCUT2D eigenvalue weighted by Crippen LogP contribution is -2.55. The number of hydrogen-bond donors (Lipinski definition) is 2. The number of fused-ring (bicyclic) bond motifs is 2. The normalized spacial score (nSPS) is 17.4. The largest absolute Gasteiger partial charge is 0.492 e. The highest BCUT2D eigenvalue weighted by Gasteiger charge is 2.52. The van der Waals surface area contributed by atoms with Crippen LogP contribution in [0, 0.1) is 0 Å². The Bertz CT molecular complexity index is 1060. The highest BCUT2D eigenvalue weighted by atomic mass is 16.6. The van der Waals surface area contributed by atoms with E-state index in [0.717, 1.165) is 29.9 Å². The Morgan fingerprint density at radius 3 is 2.52 bits per heavy atom. The van der Waals surface area contributed by atoms with Gasteiger partial charge >= 0.3 is 6.09 Å². The van der Waals surface area contributed by atoms with Gasteiger partial charge in [0.25, 0.3) is 0 Å². The fraction of sp³-hybridized carbons (Fsp3) is 0.480. The van der Waals surface area contributed by atoms with E-state index in [0.29, 0.717) is 24.6 Å². The van der Waals surface area contributed by atoms with Gasteiger partial charge in [0.2, 0.25) is 11.8 Å². The molecule has 2 amide bonds. The van der Waals surface area contributed by atoms with Crippen LogP contribution in [0.3, 0.4) is 0 Å². The summed E-state index contributed by atoms with van der Waals surface area (Å²) in [5, 5.41) is 5.48. The van der Waals surface area contributed by atoms with E-state index in [1.165, 1.54) is 6.20 Å². The average Bonchev–Trinajstić information content (AvgIpc) is 3.42. The number of nitrogens with zero attached hydrogens (tertiary/aromatic N) is 1. The summed E-state index contributed by atoms with van der Waals surface area (Å²) in [6.07, 6.45) is 3.48. The van der Waals surface area contributed by atoms with Crippen LogP contribution in [0.25, 0.3) is 0 Å². The maximum absolute atomic E-state index is 12.9. The van der Waals surface area contributed by atoms with E-state index in [1.807, 2.05) is 25.1 Å². The minimum Gasteiger partial charge on any atom is -0.492 e. The third-order valence-corrected chi connectivity index (χ3v) is 6.07. The van der Waals surface area contributed by atoms with Crippen LogP contribution in [0.4, 0.5) is 10.5 Å². The lowest BCUT2D eigenvalue weighted by Gasteiger charge is -2.30. The summed E-state index contributed by atoms with van der Waals surface area (Å²) >= 11 is 0. The number of hydrogen-bond acceptors (Lipinski definition) is 6. The number of carbonyl (C=O) groups excluding carboxylic acids is 2. The molecule has 33 heavy (non-hydrogen) atoms. The van der Waals surface area contributed by atoms with Gasteiger partial charge in [-0.15, -0.1) is 0 Å². The zero-order valence-corrected chi connectivity index (χ0v) is 19.8. The van der Waals surface area contributed by atoms with Crippen LogP contribution < -0.4 is 20.1 Å². The Morgan fingerprint density at radius 1 is 1.15 bits per heavy atom. The number of pyridine rings is 1. The molecule has 1 spiro atoms. The van der Waals surface area contributed by atoms with Crippen molar-refractivity contribution in [3.63, 3.8) is 0 Å². The third-order valence-electron chi connectivity index (χ3n) is 6.07. The predicted octanol–water partition coefficient (Wildman–Crippen LogP) is 4.93. The van der Waals surface area contributed by atoms with E-state index in [2.05, 4.69) is 15.6 Å². The van der Waals surface area contributed by atoms with Crippen LogP contribution >= 0.6 is 0 Å².